The molecule has 6 nitrogen and oxygen atoms in total. The Kier molecular flexibility index (Phi) is 5.46. The SMILES string of the molecule is Cc1ccc(Cn2nc(C)c(/C=N\NC(=O)c3cc(C)oc3C)c2Cl)cc1. The van der Waals surface area contributed by atoms with E-state index in [1.165, 1.54) is 11.8 Å². The van der Waals surface area contributed by atoms with Crippen LogP contribution in [-0.4, -0.2) is 21.9 Å². The van der Waals surface area contributed by atoms with Crippen LogP contribution in [0, 0.1) is 27.7 Å². The van der Waals surface area contributed by atoms with E-state index in [1.54, 1.807) is 24.6 Å². The molecule has 0 fully saturated rings. The molecule has 0 saturated heterocycles. The first-order valence-electron chi connectivity index (χ1n) is 8.54. The van der Waals surface area contributed by atoms with Gasteiger partial charge in [-0.2, -0.15) is 10.2 Å². The lowest BCUT2D eigenvalue weighted by molar-refractivity contribution is 0.0953. The van der Waals surface area contributed by atoms with Gasteiger partial charge >= 0.3 is 0 Å². The Labute approximate surface area is 162 Å². The van der Waals surface area contributed by atoms with Crippen molar-refractivity contribution in [3.8, 4) is 0 Å². The molecule has 3 aromatic rings. The third kappa shape index (κ3) is 4.28. The highest BCUT2D eigenvalue weighted by atomic mass is 35.5. The first kappa shape index (κ1) is 18.9. The number of hydrogen-bond donors (Lipinski definition) is 1. The van der Waals surface area contributed by atoms with Gasteiger partial charge in [0.25, 0.3) is 5.91 Å². The second kappa shape index (κ2) is 7.80. The van der Waals surface area contributed by atoms with E-state index in [2.05, 4.69) is 27.8 Å². The summed E-state index contributed by atoms with van der Waals surface area (Å²) in [6.07, 6.45) is 1.51. The molecule has 0 spiro atoms. The van der Waals surface area contributed by atoms with E-state index in [9.17, 15) is 4.79 Å². The van der Waals surface area contributed by atoms with Crippen molar-refractivity contribution >= 4 is 23.7 Å². The Morgan fingerprint density at radius 2 is 1.96 bits per heavy atom. The van der Waals surface area contributed by atoms with Crippen molar-refractivity contribution < 1.29 is 9.21 Å². The van der Waals surface area contributed by atoms with Crippen LogP contribution in [0.1, 0.15) is 44.3 Å². The number of amides is 1. The van der Waals surface area contributed by atoms with Gasteiger partial charge in [-0.15, -0.1) is 0 Å². The molecule has 0 bridgehead atoms. The van der Waals surface area contributed by atoms with Gasteiger partial charge in [-0.3, -0.25) is 4.79 Å². The summed E-state index contributed by atoms with van der Waals surface area (Å²) < 4.78 is 7.08. The van der Waals surface area contributed by atoms with Crippen LogP contribution in [0.25, 0.3) is 0 Å². The third-order valence-electron chi connectivity index (χ3n) is 4.21. The number of hydrazone groups is 1. The molecule has 0 unspecified atom stereocenters. The van der Waals surface area contributed by atoms with Crippen molar-refractivity contribution in [3.63, 3.8) is 0 Å². The fourth-order valence-electron chi connectivity index (χ4n) is 2.76. The van der Waals surface area contributed by atoms with E-state index in [-0.39, 0.29) is 5.91 Å². The minimum Gasteiger partial charge on any atom is -0.466 e. The van der Waals surface area contributed by atoms with Crippen LogP contribution >= 0.6 is 11.6 Å². The molecule has 2 heterocycles. The molecule has 3 rings (SSSR count). The summed E-state index contributed by atoms with van der Waals surface area (Å²) in [5.41, 5.74) is 6.67. The van der Waals surface area contributed by atoms with Crippen LogP contribution in [0.5, 0.6) is 0 Å². The van der Waals surface area contributed by atoms with Gasteiger partial charge in [0.2, 0.25) is 0 Å². The normalized spacial score (nSPS) is 11.3. The zero-order chi connectivity index (χ0) is 19.6. The molecule has 1 aromatic carbocycles. The first-order chi connectivity index (χ1) is 12.8. The van der Waals surface area contributed by atoms with E-state index in [1.807, 2.05) is 26.0 Å². The summed E-state index contributed by atoms with van der Waals surface area (Å²) in [4.78, 5) is 12.2. The maximum atomic E-state index is 12.2. The molecule has 0 aliphatic carbocycles. The zero-order valence-corrected chi connectivity index (χ0v) is 16.5. The summed E-state index contributed by atoms with van der Waals surface area (Å²) in [5.74, 6) is 0.902. The summed E-state index contributed by atoms with van der Waals surface area (Å²) in [6.45, 7) is 7.99. The molecular formula is C20H21ClN4O2. The van der Waals surface area contributed by atoms with Crippen LogP contribution in [0.4, 0.5) is 0 Å². The van der Waals surface area contributed by atoms with Crippen molar-refractivity contribution in [2.45, 2.75) is 34.2 Å². The molecule has 0 atom stereocenters. The Bertz CT molecular complexity index is 1000. The zero-order valence-electron chi connectivity index (χ0n) is 15.7. The van der Waals surface area contributed by atoms with E-state index in [4.69, 9.17) is 16.0 Å². The standard InChI is InChI=1S/C20H21ClN4O2/c1-12-5-7-16(8-6-12)11-25-19(21)18(14(3)24-25)10-22-23-20(26)17-9-13(2)27-15(17)4/h5-10H,11H2,1-4H3,(H,23,26)/b22-10-. The summed E-state index contributed by atoms with van der Waals surface area (Å²) in [6, 6.07) is 9.88. The molecule has 0 saturated carbocycles. The maximum Gasteiger partial charge on any atom is 0.274 e. The van der Waals surface area contributed by atoms with Gasteiger partial charge in [-0.1, -0.05) is 41.4 Å². The average molecular weight is 385 g/mol. The number of furan rings is 1. The number of aryl methyl sites for hydroxylation is 4. The first-order valence-corrected chi connectivity index (χ1v) is 8.92. The molecule has 0 aliphatic heterocycles. The predicted octanol–water partition coefficient (Wildman–Crippen LogP) is 4.18. The van der Waals surface area contributed by atoms with Crippen LogP contribution in [0.2, 0.25) is 5.15 Å². The summed E-state index contributed by atoms with van der Waals surface area (Å²) in [5, 5.41) is 8.96. The second-order valence-corrected chi connectivity index (χ2v) is 6.82. The Hall–Kier alpha value is -2.86. The summed E-state index contributed by atoms with van der Waals surface area (Å²) >= 11 is 6.45. The topological polar surface area (TPSA) is 72.4 Å². The largest absolute Gasteiger partial charge is 0.466 e. The number of carbonyl (C=O) groups is 1. The van der Waals surface area contributed by atoms with E-state index in [0.717, 1.165) is 11.3 Å². The van der Waals surface area contributed by atoms with Crippen molar-refractivity contribution in [1.29, 1.82) is 0 Å². The highest BCUT2D eigenvalue weighted by Crippen LogP contribution is 2.19. The van der Waals surface area contributed by atoms with Gasteiger partial charge in [-0.25, -0.2) is 10.1 Å². The molecular weight excluding hydrogens is 364 g/mol. The molecule has 2 aromatic heterocycles. The fraction of sp³-hybridized carbons (Fsp3) is 0.250. The Morgan fingerprint density at radius 3 is 2.59 bits per heavy atom. The van der Waals surface area contributed by atoms with E-state index < -0.39 is 0 Å². The van der Waals surface area contributed by atoms with Crippen molar-refractivity contribution in [2.75, 3.05) is 0 Å². The highest BCUT2D eigenvalue weighted by Gasteiger charge is 2.14. The van der Waals surface area contributed by atoms with Crippen LogP contribution in [-0.2, 0) is 6.54 Å². The number of hydrogen-bond acceptors (Lipinski definition) is 4. The molecule has 140 valence electrons. The number of benzene rings is 1. The van der Waals surface area contributed by atoms with Gasteiger partial charge in [0.1, 0.15) is 16.7 Å². The highest BCUT2D eigenvalue weighted by molar-refractivity contribution is 6.32. The number of carbonyl (C=O) groups excluding carboxylic acids is 1. The molecule has 27 heavy (non-hydrogen) atoms. The number of halogens is 1. The van der Waals surface area contributed by atoms with Crippen molar-refractivity contribution in [3.05, 3.63) is 75.0 Å². The van der Waals surface area contributed by atoms with Crippen molar-refractivity contribution in [2.24, 2.45) is 5.10 Å². The Balaban J connectivity index is 1.72. The van der Waals surface area contributed by atoms with Gasteiger partial charge in [-0.05, 0) is 39.3 Å². The monoisotopic (exact) mass is 384 g/mol. The predicted molar refractivity (Wildman–Crippen MR) is 105 cm³/mol. The lowest BCUT2D eigenvalue weighted by Gasteiger charge is -2.04. The number of nitrogens with one attached hydrogen (secondary N) is 1. The number of aromatic nitrogens is 2. The van der Waals surface area contributed by atoms with Gasteiger partial charge < -0.3 is 4.42 Å². The van der Waals surface area contributed by atoms with Gasteiger partial charge in [0.15, 0.2) is 0 Å². The average Bonchev–Trinajstić information content (AvgIpc) is 3.09. The van der Waals surface area contributed by atoms with Crippen molar-refractivity contribution in [1.82, 2.24) is 15.2 Å². The number of nitrogens with zero attached hydrogens (tertiary/aromatic N) is 3. The molecule has 0 aliphatic rings. The third-order valence-corrected chi connectivity index (χ3v) is 4.61. The Morgan fingerprint density at radius 1 is 1.26 bits per heavy atom. The van der Waals surface area contributed by atoms with Gasteiger partial charge in [0.05, 0.1) is 29.6 Å². The molecule has 7 heteroatoms. The fourth-order valence-corrected chi connectivity index (χ4v) is 3.04. The summed E-state index contributed by atoms with van der Waals surface area (Å²) in [7, 11) is 0. The quantitative estimate of drug-likeness (QED) is 0.530. The van der Waals surface area contributed by atoms with Crippen LogP contribution in [0.3, 0.4) is 0 Å². The van der Waals surface area contributed by atoms with E-state index >= 15 is 0 Å². The van der Waals surface area contributed by atoms with Crippen LogP contribution in [0.15, 0.2) is 39.9 Å². The molecule has 0 radical (unpaired) electrons. The smallest absolute Gasteiger partial charge is 0.274 e. The molecule has 1 amide bonds. The van der Waals surface area contributed by atoms with Crippen LogP contribution < -0.4 is 5.43 Å². The number of rotatable bonds is 5. The minimum atomic E-state index is -0.332. The minimum absolute atomic E-state index is 0.332. The second-order valence-electron chi connectivity index (χ2n) is 6.46. The lowest BCUT2D eigenvalue weighted by atomic mass is 10.1. The van der Waals surface area contributed by atoms with E-state index in [0.29, 0.717) is 34.3 Å². The lowest BCUT2D eigenvalue weighted by Crippen LogP contribution is -2.17. The van der Waals surface area contributed by atoms with Gasteiger partial charge in [0, 0.05) is 0 Å². The maximum absolute atomic E-state index is 12.2. The molecule has 1 N–H and O–H groups in total.